The first-order chi connectivity index (χ1) is 12.0. The minimum absolute atomic E-state index is 0.345. The molecule has 26 heavy (non-hydrogen) atoms. The summed E-state index contributed by atoms with van der Waals surface area (Å²) in [7, 11) is 1.16. The van der Waals surface area contributed by atoms with Crippen LogP contribution in [0.15, 0.2) is 34.6 Å². The largest absolute Gasteiger partial charge is 0.481 e. The van der Waals surface area contributed by atoms with Crippen LogP contribution >= 0.6 is 0 Å². The zero-order valence-electron chi connectivity index (χ0n) is 16.2. The van der Waals surface area contributed by atoms with Crippen molar-refractivity contribution in [2.24, 2.45) is 4.99 Å². The zero-order valence-corrected chi connectivity index (χ0v) is 16.2. The highest BCUT2D eigenvalue weighted by atomic mass is 19.4. The molecule has 0 aliphatic carbocycles. The molecule has 4 nitrogen and oxygen atoms in total. The summed E-state index contributed by atoms with van der Waals surface area (Å²) in [6, 6.07) is 5.41. The Balaban J connectivity index is 3.27. The Bertz CT molecular complexity index is 659. The number of aliphatic imine (C=N–C) groups is 1. The quantitative estimate of drug-likeness (QED) is 0.495. The number of aromatic nitrogens is 1. The fourth-order valence-electron chi connectivity index (χ4n) is 2.08. The SMILES string of the molecule is CCCc1cccc(/C(C)=N/C(OC)=C(\COC(C)(C)C)C(F)(F)F)n1. The van der Waals surface area contributed by atoms with Crippen LogP contribution in [-0.4, -0.2) is 36.2 Å². The standard InChI is InChI=1S/C19H27F3N2O2/c1-7-9-14-10-8-11-16(24-14)13(2)23-17(25-6)15(19(20,21)22)12-26-18(3,4)5/h8,10-11H,7,9,12H2,1-6H3/b17-15-,23-13+. The number of rotatable bonds is 7. The molecule has 0 aliphatic rings. The van der Waals surface area contributed by atoms with E-state index in [4.69, 9.17) is 9.47 Å². The molecule has 0 amide bonds. The maximum absolute atomic E-state index is 13.4. The predicted octanol–water partition coefficient (Wildman–Crippen LogP) is 5.08. The van der Waals surface area contributed by atoms with Gasteiger partial charge in [-0.15, -0.1) is 0 Å². The summed E-state index contributed by atoms with van der Waals surface area (Å²) < 4.78 is 50.6. The molecule has 0 bridgehead atoms. The van der Waals surface area contributed by atoms with Gasteiger partial charge in [0.2, 0.25) is 5.88 Å². The molecule has 146 valence electrons. The predicted molar refractivity (Wildman–Crippen MR) is 96.2 cm³/mol. The molecule has 0 saturated carbocycles. The lowest BCUT2D eigenvalue weighted by Crippen LogP contribution is -2.26. The molecule has 1 heterocycles. The third-order valence-electron chi connectivity index (χ3n) is 3.40. The van der Waals surface area contributed by atoms with Crippen LogP contribution in [0, 0.1) is 0 Å². The van der Waals surface area contributed by atoms with Crippen LogP contribution in [0.5, 0.6) is 0 Å². The molecule has 0 atom stereocenters. The van der Waals surface area contributed by atoms with Crippen LogP contribution in [0.25, 0.3) is 0 Å². The Morgan fingerprint density at radius 2 is 1.85 bits per heavy atom. The first-order valence-corrected chi connectivity index (χ1v) is 8.47. The molecule has 0 fully saturated rings. The number of hydrogen-bond donors (Lipinski definition) is 0. The molecule has 0 aliphatic heterocycles. The maximum Gasteiger partial charge on any atom is 0.420 e. The van der Waals surface area contributed by atoms with E-state index in [0.29, 0.717) is 11.4 Å². The third-order valence-corrected chi connectivity index (χ3v) is 3.40. The van der Waals surface area contributed by atoms with Crippen molar-refractivity contribution >= 4 is 5.71 Å². The van der Waals surface area contributed by atoms with Gasteiger partial charge in [0, 0.05) is 5.69 Å². The number of pyridine rings is 1. The molecule has 1 rings (SSSR count). The fraction of sp³-hybridized carbons (Fsp3) is 0.579. The second kappa shape index (κ2) is 9.16. The van der Waals surface area contributed by atoms with E-state index in [-0.39, 0.29) is 0 Å². The van der Waals surface area contributed by atoms with Crippen molar-refractivity contribution in [3.63, 3.8) is 0 Å². The summed E-state index contributed by atoms with van der Waals surface area (Å²) in [5.41, 5.74) is 0.0547. The van der Waals surface area contributed by atoms with Gasteiger partial charge in [0.1, 0.15) is 5.57 Å². The summed E-state index contributed by atoms with van der Waals surface area (Å²) in [6.07, 6.45) is -2.89. The monoisotopic (exact) mass is 372 g/mol. The Kier molecular flexibility index (Phi) is 7.81. The summed E-state index contributed by atoms with van der Waals surface area (Å²) in [5, 5.41) is 0. The van der Waals surface area contributed by atoms with Crippen LogP contribution in [0.3, 0.4) is 0 Å². The van der Waals surface area contributed by atoms with Crippen LogP contribution in [0.2, 0.25) is 0 Å². The van der Waals surface area contributed by atoms with Gasteiger partial charge < -0.3 is 9.47 Å². The molecule has 0 unspecified atom stereocenters. The molecule has 0 aromatic carbocycles. The highest BCUT2D eigenvalue weighted by Gasteiger charge is 2.38. The van der Waals surface area contributed by atoms with Gasteiger partial charge in [0.05, 0.1) is 30.7 Å². The topological polar surface area (TPSA) is 43.7 Å². The molecule has 0 radical (unpaired) electrons. The van der Waals surface area contributed by atoms with Gasteiger partial charge in [0.25, 0.3) is 0 Å². The van der Waals surface area contributed by atoms with Crippen molar-refractivity contribution < 1.29 is 22.6 Å². The minimum atomic E-state index is -4.61. The summed E-state index contributed by atoms with van der Waals surface area (Å²) in [5.74, 6) is -0.512. The van der Waals surface area contributed by atoms with E-state index < -0.39 is 29.8 Å². The number of methoxy groups -OCH3 is 1. The van der Waals surface area contributed by atoms with E-state index in [2.05, 4.69) is 9.98 Å². The van der Waals surface area contributed by atoms with Gasteiger partial charge in [-0.3, -0.25) is 4.98 Å². The number of alkyl halides is 3. The lowest BCUT2D eigenvalue weighted by Gasteiger charge is -2.22. The maximum atomic E-state index is 13.4. The van der Waals surface area contributed by atoms with Gasteiger partial charge in [-0.25, -0.2) is 4.99 Å². The Morgan fingerprint density at radius 3 is 2.35 bits per heavy atom. The van der Waals surface area contributed by atoms with Gasteiger partial charge in [0.15, 0.2) is 0 Å². The normalized spacial score (nSPS) is 14.3. The van der Waals surface area contributed by atoms with Crippen LogP contribution in [-0.2, 0) is 15.9 Å². The zero-order chi connectivity index (χ0) is 20.0. The van der Waals surface area contributed by atoms with Gasteiger partial charge in [-0.2, -0.15) is 13.2 Å². The number of aryl methyl sites for hydroxylation is 1. The second-order valence-corrected chi connectivity index (χ2v) is 6.85. The summed E-state index contributed by atoms with van der Waals surface area (Å²) >= 11 is 0. The summed E-state index contributed by atoms with van der Waals surface area (Å²) in [6.45, 7) is 8.05. The molecule has 1 aromatic heterocycles. The van der Waals surface area contributed by atoms with E-state index in [0.717, 1.165) is 25.6 Å². The minimum Gasteiger partial charge on any atom is -0.481 e. The van der Waals surface area contributed by atoms with E-state index in [1.807, 2.05) is 19.1 Å². The Hall–Kier alpha value is -1.89. The first-order valence-electron chi connectivity index (χ1n) is 8.47. The number of halogens is 3. The highest BCUT2D eigenvalue weighted by molar-refractivity contribution is 5.97. The van der Waals surface area contributed by atoms with Gasteiger partial charge in [-0.05, 0) is 46.2 Å². The van der Waals surface area contributed by atoms with Gasteiger partial charge >= 0.3 is 6.18 Å². The average Bonchev–Trinajstić information content (AvgIpc) is 2.52. The van der Waals surface area contributed by atoms with Crippen molar-refractivity contribution in [3.8, 4) is 0 Å². The number of ether oxygens (including phenoxy) is 2. The number of hydrogen-bond acceptors (Lipinski definition) is 4. The molecule has 0 spiro atoms. The molecule has 7 heteroatoms. The van der Waals surface area contributed by atoms with E-state index >= 15 is 0 Å². The van der Waals surface area contributed by atoms with Crippen LogP contribution < -0.4 is 0 Å². The van der Waals surface area contributed by atoms with Crippen LogP contribution in [0.4, 0.5) is 13.2 Å². The highest BCUT2D eigenvalue weighted by Crippen LogP contribution is 2.30. The molecular weight excluding hydrogens is 345 g/mol. The fourth-order valence-corrected chi connectivity index (χ4v) is 2.08. The lowest BCUT2D eigenvalue weighted by molar-refractivity contribution is -0.112. The number of nitrogens with zero attached hydrogens (tertiary/aromatic N) is 2. The second-order valence-electron chi connectivity index (χ2n) is 6.85. The molecule has 0 N–H and O–H groups in total. The first kappa shape index (κ1) is 22.2. The van der Waals surface area contributed by atoms with Crippen molar-refractivity contribution in [2.45, 2.75) is 59.2 Å². The lowest BCUT2D eigenvalue weighted by atomic mass is 10.2. The van der Waals surface area contributed by atoms with Crippen molar-refractivity contribution in [2.75, 3.05) is 13.7 Å². The Labute approximate surface area is 153 Å². The van der Waals surface area contributed by atoms with Crippen molar-refractivity contribution in [3.05, 3.63) is 41.0 Å². The molecular formula is C19H27F3N2O2. The Morgan fingerprint density at radius 1 is 1.19 bits per heavy atom. The van der Waals surface area contributed by atoms with E-state index in [1.54, 1.807) is 33.8 Å². The van der Waals surface area contributed by atoms with E-state index in [9.17, 15) is 13.2 Å². The van der Waals surface area contributed by atoms with Crippen LogP contribution in [0.1, 0.15) is 52.4 Å². The third kappa shape index (κ3) is 7.15. The molecule has 0 saturated heterocycles. The van der Waals surface area contributed by atoms with E-state index in [1.165, 1.54) is 0 Å². The average molecular weight is 372 g/mol. The van der Waals surface area contributed by atoms with Crippen molar-refractivity contribution in [1.82, 2.24) is 4.98 Å². The molecule has 1 aromatic rings. The summed E-state index contributed by atoms with van der Waals surface area (Å²) in [4.78, 5) is 8.48. The van der Waals surface area contributed by atoms with Crippen molar-refractivity contribution in [1.29, 1.82) is 0 Å². The smallest absolute Gasteiger partial charge is 0.420 e. The van der Waals surface area contributed by atoms with Gasteiger partial charge in [-0.1, -0.05) is 19.4 Å².